The quantitative estimate of drug-likeness (QED) is 0.774. The summed E-state index contributed by atoms with van der Waals surface area (Å²) in [7, 11) is 1.75. The van der Waals surface area contributed by atoms with Gasteiger partial charge in [-0.3, -0.25) is 9.78 Å². The van der Waals surface area contributed by atoms with E-state index in [0.29, 0.717) is 41.3 Å². The predicted octanol–water partition coefficient (Wildman–Crippen LogP) is 2.72. The van der Waals surface area contributed by atoms with Gasteiger partial charge in [0, 0.05) is 19.7 Å². The molecule has 0 radical (unpaired) electrons. The lowest BCUT2D eigenvalue weighted by Gasteiger charge is -2.39. The highest BCUT2D eigenvalue weighted by Gasteiger charge is 2.43. The molecule has 6 nitrogen and oxygen atoms in total. The lowest BCUT2D eigenvalue weighted by molar-refractivity contribution is 0.0875. The minimum absolute atomic E-state index is 0.311. The van der Waals surface area contributed by atoms with Crippen molar-refractivity contribution in [3.8, 4) is 5.75 Å². The first-order chi connectivity index (χ1) is 13.0. The Kier molecular flexibility index (Phi) is 4.14. The topological polar surface area (TPSA) is 69.0 Å². The highest BCUT2D eigenvalue weighted by molar-refractivity contribution is 5.93. The lowest BCUT2D eigenvalue weighted by Crippen LogP contribution is -2.50. The average Bonchev–Trinajstić information content (AvgIpc) is 3.10. The van der Waals surface area contributed by atoms with Crippen LogP contribution in [0.4, 0.5) is 4.39 Å². The summed E-state index contributed by atoms with van der Waals surface area (Å²) in [4.78, 5) is 21.5. The first-order valence-electron chi connectivity index (χ1n) is 8.65. The van der Waals surface area contributed by atoms with Crippen LogP contribution in [0, 0.1) is 12.7 Å². The van der Waals surface area contributed by atoms with Crippen molar-refractivity contribution < 1.29 is 13.9 Å². The summed E-state index contributed by atoms with van der Waals surface area (Å²) >= 11 is 0. The fourth-order valence-corrected chi connectivity index (χ4v) is 3.43. The molecule has 0 spiro atoms. The molecule has 27 heavy (non-hydrogen) atoms. The molecule has 138 valence electrons. The van der Waals surface area contributed by atoms with Gasteiger partial charge in [-0.15, -0.1) is 0 Å². The Hall–Kier alpha value is -3.22. The third-order valence-electron chi connectivity index (χ3n) is 4.95. The van der Waals surface area contributed by atoms with Crippen molar-refractivity contribution in [3.05, 3.63) is 77.4 Å². The number of nitrogens with zero attached hydrogens (tertiary/aromatic N) is 3. The minimum atomic E-state index is -0.995. The van der Waals surface area contributed by atoms with Crippen molar-refractivity contribution in [2.45, 2.75) is 18.9 Å². The van der Waals surface area contributed by atoms with Gasteiger partial charge in [-0.2, -0.15) is 0 Å². The first kappa shape index (κ1) is 17.2. The molecule has 7 heteroatoms. The van der Waals surface area contributed by atoms with Gasteiger partial charge < -0.3 is 14.6 Å². The zero-order valence-corrected chi connectivity index (χ0v) is 15.1. The van der Waals surface area contributed by atoms with E-state index in [1.54, 1.807) is 49.3 Å². The number of hydrogen-bond donors (Lipinski definition) is 1. The third kappa shape index (κ3) is 2.85. The number of aromatic nitrogens is 3. The molecule has 2 aromatic heterocycles. The van der Waals surface area contributed by atoms with Crippen LogP contribution in [0.2, 0.25) is 0 Å². The summed E-state index contributed by atoms with van der Waals surface area (Å²) in [6.07, 6.45) is 5.13. The number of benzene rings is 1. The zero-order chi connectivity index (χ0) is 19.0. The van der Waals surface area contributed by atoms with Crippen LogP contribution >= 0.6 is 0 Å². The van der Waals surface area contributed by atoms with Gasteiger partial charge in [-0.1, -0.05) is 12.1 Å². The van der Waals surface area contributed by atoms with Crippen molar-refractivity contribution >= 4 is 5.91 Å². The van der Waals surface area contributed by atoms with E-state index in [0.717, 1.165) is 0 Å². The third-order valence-corrected chi connectivity index (χ3v) is 4.95. The van der Waals surface area contributed by atoms with Gasteiger partial charge in [0.2, 0.25) is 0 Å². The van der Waals surface area contributed by atoms with Crippen molar-refractivity contribution in [2.75, 3.05) is 6.61 Å². The van der Waals surface area contributed by atoms with E-state index in [9.17, 15) is 9.18 Å². The Balaban J connectivity index is 1.87. The average molecular weight is 366 g/mol. The largest absolute Gasteiger partial charge is 0.491 e. The molecule has 3 aromatic rings. The minimum Gasteiger partial charge on any atom is -0.491 e. The summed E-state index contributed by atoms with van der Waals surface area (Å²) in [6.45, 7) is 2.08. The van der Waals surface area contributed by atoms with Crippen LogP contribution < -0.4 is 10.1 Å². The van der Waals surface area contributed by atoms with Crippen LogP contribution in [0.1, 0.15) is 33.7 Å². The molecule has 0 fully saturated rings. The number of ether oxygens (including phenoxy) is 1. The molecular formula is C20H19FN4O2. The molecular weight excluding hydrogens is 347 g/mol. The Bertz CT molecular complexity index is 1020. The number of aryl methyl sites for hydroxylation is 2. The number of rotatable bonds is 3. The number of hydrogen-bond acceptors (Lipinski definition) is 4. The fourth-order valence-electron chi connectivity index (χ4n) is 3.43. The van der Waals surface area contributed by atoms with Gasteiger partial charge in [0.15, 0.2) is 0 Å². The molecule has 0 saturated carbocycles. The normalized spacial score (nSPS) is 18.5. The molecule has 1 amide bonds. The van der Waals surface area contributed by atoms with E-state index in [1.807, 2.05) is 6.07 Å². The summed E-state index contributed by atoms with van der Waals surface area (Å²) in [5, 5.41) is 3.09. The smallest absolute Gasteiger partial charge is 0.270 e. The molecule has 1 N–H and O–H groups in total. The number of carbonyl (C=O) groups is 1. The van der Waals surface area contributed by atoms with E-state index in [2.05, 4.69) is 15.3 Å². The molecule has 0 aliphatic carbocycles. The van der Waals surface area contributed by atoms with E-state index in [1.165, 1.54) is 12.3 Å². The molecule has 1 atom stereocenters. The first-order valence-corrected chi connectivity index (χ1v) is 8.65. The highest BCUT2D eigenvalue weighted by Crippen LogP contribution is 2.41. The number of imidazole rings is 1. The zero-order valence-electron chi connectivity index (χ0n) is 15.1. The van der Waals surface area contributed by atoms with Crippen molar-refractivity contribution in [2.24, 2.45) is 7.05 Å². The van der Waals surface area contributed by atoms with Gasteiger partial charge in [0.25, 0.3) is 5.91 Å². The van der Waals surface area contributed by atoms with Gasteiger partial charge in [0.05, 0.1) is 19.1 Å². The number of carbonyl (C=O) groups excluding carboxylic acids is 1. The van der Waals surface area contributed by atoms with Crippen LogP contribution in [0.3, 0.4) is 0 Å². The van der Waals surface area contributed by atoms with E-state index >= 15 is 0 Å². The maximum Gasteiger partial charge on any atom is 0.270 e. The second-order valence-electron chi connectivity index (χ2n) is 6.66. The standard InChI is InChI=1S/C20H19FN4O2/c1-13-5-6-14(10-15(13)21)20(24-19(26)16-11-22-12-25(16)2)7-9-27-17-4-3-8-23-18(17)20/h3-6,8,10-12H,7,9H2,1-2H3,(H,24,26)/t20-/m0/s1. The molecule has 3 heterocycles. The maximum absolute atomic E-state index is 14.4. The number of nitrogens with one attached hydrogen (secondary N) is 1. The van der Waals surface area contributed by atoms with Gasteiger partial charge in [0.1, 0.15) is 28.5 Å². The van der Waals surface area contributed by atoms with Crippen molar-refractivity contribution in [1.82, 2.24) is 19.9 Å². The Morgan fingerprint density at radius 3 is 2.96 bits per heavy atom. The monoisotopic (exact) mass is 366 g/mol. The van der Waals surface area contributed by atoms with E-state index < -0.39 is 5.54 Å². The van der Waals surface area contributed by atoms with Gasteiger partial charge in [-0.25, -0.2) is 9.37 Å². The van der Waals surface area contributed by atoms with Crippen LogP contribution in [0.5, 0.6) is 5.75 Å². The number of halogens is 1. The Labute approximate surface area is 156 Å². The van der Waals surface area contributed by atoms with Crippen LogP contribution in [-0.2, 0) is 12.6 Å². The lowest BCUT2D eigenvalue weighted by atomic mass is 9.81. The van der Waals surface area contributed by atoms with Crippen molar-refractivity contribution in [1.29, 1.82) is 0 Å². The number of fused-ring (bicyclic) bond motifs is 1. The number of amides is 1. The molecule has 0 bridgehead atoms. The van der Waals surface area contributed by atoms with E-state index in [-0.39, 0.29) is 11.7 Å². The molecule has 0 saturated heterocycles. The second-order valence-corrected chi connectivity index (χ2v) is 6.66. The molecule has 0 unspecified atom stereocenters. The maximum atomic E-state index is 14.4. The molecule has 1 aliphatic rings. The van der Waals surface area contributed by atoms with Gasteiger partial charge in [-0.05, 0) is 36.2 Å². The number of pyridine rings is 1. The Morgan fingerprint density at radius 1 is 1.37 bits per heavy atom. The van der Waals surface area contributed by atoms with E-state index in [4.69, 9.17) is 4.74 Å². The van der Waals surface area contributed by atoms with Crippen LogP contribution in [-0.4, -0.2) is 27.0 Å². The summed E-state index contributed by atoms with van der Waals surface area (Å²) in [6, 6.07) is 8.57. The van der Waals surface area contributed by atoms with Crippen LogP contribution in [0.15, 0.2) is 49.1 Å². The molecule has 4 rings (SSSR count). The fraction of sp³-hybridized carbons (Fsp3) is 0.250. The van der Waals surface area contributed by atoms with Crippen LogP contribution in [0.25, 0.3) is 0 Å². The second kappa shape index (κ2) is 6.50. The summed E-state index contributed by atoms with van der Waals surface area (Å²) in [5.41, 5.74) is 1.15. The summed E-state index contributed by atoms with van der Waals surface area (Å²) in [5.74, 6) is -0.0600. The van der Waals surface area contributed by atoms with Crippen molar-refractivity contribution in [3.63, 3.8) is 0 Å². The predicted molar refractivity (Wildman–Crippen MR) is 96.9 cm³/mol. The highest BCUT2D eigenvalue weighted by atomic mass is 19.1. The summed E-state index contributed by atoms with van der Waals surface area (Å²) < 4.78 is 21.7. The molecule has 1 aromatic carbocycles. The Morgan fingerprint density at radius 2 is 2.22 bits per heavy atom. The SMILES string of the molecule is Cc1ccc([C@@]2(NC(=O)c3cncn3C)CCOc3cccnc32)cc1F. The van der Waals surface area contributed by atoms with Gasteiger partial charge >= 0.3 is 0 Å². The molecule has 1 aliphatic heterocycles.